The summed E-state index contributed by atoms with van der Waals surface area (Å²) in [5.41, 5.74) is 0.924. The topological polar surface area (TPSA) is 32.7 Å². The van der Waals surface area contributed by atoms with Gasteiger partial charge in [0.2, 0.25) is 0 Å². The fraction of sp³-hybridized carbons (Fsp3) is 0.600. The highest BCUT2D eigenvalue weighted by molar-refractivity contribution is 5.02. The molecule has 0 aromatic carbocycles. The van der Waals surface area contributed by atoms with Gasteiger partial charge in [-0.1, -0.05) is 0 Å². The van der Waals surface area contributed by atoms with E-state index in [1.54, 1.807) is 11.3 Å². The maximum atomic E-state index is 8.51. The molecule has 1 N–H and O–H groups in total. The van der Waals surface area contributed by atoms with E-state index in [4.69, 9.17) is 9.94 Å². The Balaban J connectivity index is 2.37. The van der Waals surface area contributed by atoms with Crippen molar-refractivity contribution in [1.29, 1.82) is 0 Å². The van der Waals surface area contributed by atoms with Gasteiger partial charge in [0.15, 0.2) is 0 Å². The third-order valence-corrected chi connectivity index (χ3v) is 1.03. The lowest BCUT2D eigenvalue weighted by molar-refractivity contribution is -0.0498. The van der Waals surface area contributed by atoms with Gasteiger partial charge < -0.3 is 9.94 Å². The van der Waals surface area contributed by atoms with Crippen LogP contribution in [0.1, 0.15) is 0 Å². The molecule has 1 heterocycles. The second-order valence-corrected chi connectivity index (χ2v) is 1.83. The van der Waals surface area contributed by atoms with E-state index in [0.29, 0.717) is 0 Å². The molecule has 0 radical (unpaired) electrons. The first-order valence-corrected chi connectivity index (χ1v) is 2.49. The zero-order chi connectivity index (χ0) is 5.98. The molecule has 1 aliphatic heterocycles. The summed E-state index contributed by atoms with van der Waals surface area (Å²) in [5, 5.41) is 10.2. The lowest BCUT2D eigenvalue weighted by Crippen LogP contribution is -2.12. The van der Waals surface area contributed by atoms with Crippen LogP contribution in [-0.4, -0.2) is 30.4 Å². The summed E-state index contributed by atoms with van der Waals surface area (Å²) in [4.78, 5) is 4.87. The predicted octanol–water partition coefficient (Wildman–Crippen LogP) is -0.260. The predicted molar refractivity (Wildman–Crippen MR) is 28.9 cm³/mol. The third kappa shape index (κ3) is 0.993. The molecule has 0 saturated carbocycles. The molecule has 0 bridgehead atoms. The van der Waals surface area contributed by atoms with E-state index in [-0.39, 0.29) is 6.61 Å². The number of nitrogens with zero attached hydrogens (tertiary/aromatic N) is 1. The first-order chi connectivity index (χ1) is 3.83. The number of aliphatic hydroxyl groups excluding tert-OH is 1. The van der Waals surface area contributed by atoms with Crippen molar-refractivity contribution in [1.82, 2.24) is 5.06 Å². The summed E-state index contributed by atoms with van der Waals surface area (Å²) in [6.07, 6.45) is 1.57. The van der Waals surface area contributed by atoms with E-state index in [2.05, 4.69) is 0 Å². The molecule has 46 valence electrons. The summed E-state index contributed by atoms with van der Waals surface area (Å²) in [6, 6.07) is 0. The Hall–Kier alpha value is -0.540. The molecule has 0 atom stereocenters. The fourth-order valence-electron chi connectivity index (χ4n) is 0.612. The van der Waals surface area contributed by atoms with Crippen molar-refractivity contribution in [2.75, 3.05) is 20.2 Å². The van der Waals surface area contributed by atoms with Crippen LogP contribution in [0.4, 0.5) is 0 Å². The fourth-order valence-corrected chi connectivity index (χ4v) is 0.612. The summed E-state index contributed by atoms with van der Waals surface area (Å²) < 4.78 is 0. The highest BCUT2D eigenvalue weighted by Crippen LogP contribution is 2.05. The van der Waals surface area contributed by atoms with Crippen molar-refractivity contribution < 1.29 is 9.94 Å². The zero-order valence-electron chi connectivity index (χ0n) is 4.79. The number of hydrogen-bond donors (Lipinski definition) is 1. The van der Waals surface area contributed by atoms with Crippen molar-refractivity contribution in [2.24, 2.45) is 0 Å². The second-order valence-electron chi connectivity index (χ2n) is 1.83. The third-order valence-electron chi connectivity index (χ3n) is 1.03. The molecule has 0 amide bonds. The Bertz CT molecular complexity index is 111. The molecule has 0 aromatic rings. The van der Waals surface area contributed by atoms with Gasteiger partial charge in [-0.05, 0) is 0 Å². The van der Waals surface area contributed by atoms with Crippen LogP contribution in [0, 0.1) is 0 Å². The Labute approximate surface area is 48.1 Å². The molecule has 1 aliphatic rings. The van der Waals surface area contributed by atoms with Gasteiger partial charge in [0.05, 0.1) is 13.2 Å². The molecule has 1 rings (SSSR count). The Kier molecular flexibility index (Phi) is 1.50. The Morgan fingerprint density at radius 1 is 2.00 bits per heavy atom. The van der Waals surface area contributed by atoms with Crippen LogP contribution in [0.2, 0.25) is 0 Å². The minimum Gasteiger partial charge on any atom is -0.414 e. The molecule has 3 heteroatoms. The molecule has 0 unspecified atom stereocenters. The van der Waals surface area contributed by atoms with Gasteiger partial charge >= 0.3 is 0 Å². The molecular weight excluding hydrogens is 106 g/mol. The summed E-state index contributed by atoms with van der Waals surface area (Å²) in [6.45, 7) is 0.820. The SMILES string of the molecule is CN1CC(CO)=CO1. The van der Waals surface area contributed by atoms with Gasteiger partial charge in [0, 0.05) is 12.6 Å². The van der Waals surface area contributed by atoms with Crippen molar-refractivity contribution in [3.8, 4) is 0 Å². The van der Waals surface area contributed by atoms with Crippen molar-refractivity contribution in [3.63, 3.8) is 0 Å². The van der Waals surface area contributed by atoms with Gasteiger partial charge in [-0.25, -0.2) is 0 Å². The molecule has 0 spiro atoms. The van der Waals surface area contributed by atoms with Crippen molar-refractivity contribution in [3.05, 3.63) is 11.8 Å². The average Bonchev–Trinajstić information content (AvgIpc) is 2.14. The van der Waals surface area contributed by atoms with Crippen LogP contribution in [0.15, 0.2) is 11.8 Å². The lowest BCUT2D eigenvalue weighted by atomic mass is 10.3. The highest BCUT2D eigenvalue weighted by atomic mass is 16.7. The molecule has 0 fully saturated rings. The van der Waals surface area contributed by atoms with Crippen LogP contribution >= 0.6 is 0 Å². The number of likely N-dealkylation sites (N-methyl/N-ethyl adjacent to an activating group) is 1. The van der Waals surface area contributed by atoms with E-state index in [1.165, 1.54) is 0 Å². The van der Waals surface area contributed by atoms with Crippen molar-refractivity contribution >= 4 is 0 Å². The average molecular weight is 115 g/mol. The van der Waals surface area contributed by atoms with Crippen LogP contribution < -0.4 is 0 Å². The van der Waals surface area contributed by atoms with Crippen LogP contribution in [-0.2, 0) is 4.84 Å². The molecule has 0 aromatic heterocycles. The number of hydroxylamine groups is 2. The number of hydrogen-bond acceptors (Lipinski definition) is 3. The Morgan fingerprint density at radius 2 is 2.75 bits per heavy atom. The molecule has 0 aliphatic carbocycles. The standard InChI is InChI=1S/C5H9NO2/c1-6-2-5(3-7)4-8-6/h4,7H,2-3H2,1H3. The van der Waals surface area contributed by atoms with E-state index < -0.39 is 0 Å². The van der Waals surface area contributed by atoms with Gasteiger partial charge in [0.1, 0.15) is 6.26 Å². The zero-order valence-corrected chi connectivity index (χ0v) is 4.79. The monoisotopic (exact) mass is 115 g/mol. The highest BCUT2D eigenvalue weighted by Gasteiger charge is 2.08. The van der Waals surface area contributed by atoms with E-state index >= 15 is 0 Å². The quantitative estimate of drug-likeness (QED) is 0.511. The number of aliphatic hydroxyl groups is 1. The van der Waals surface area contributed by atoms with Crippen LogP contribution in [0.3, 0.4) is 0 Å². The molecule has 0 saturated heterocycles. The summed E-state index contributed by atoms with van der Waals surface area (Å²) >= 11 is 0. The Morgan fingerprint density at radius 3 is 3.00 bits per heavy atom. The first-order valence-electron chi connectivity index (χ1n) is 2.49. The number of rotatable bonds is 1. The lowest BCUT2D eigenvalue weighted by Gasteiger charge is -2.03. The second kappa shape index (κ2) is 2.15. The minimum absolute atomic E-state index is 0.102. The van der Waals surface area contributed by atoms with E-state index in [1.807, 2.05) is 7.05 Å². The molecular formula is C5H9NO2. The van der Waals surface area contributed by atoms with Gasteiger partial charge in [-0.2, -0.15) is 0 Å². The van der Waals surface area contributed by atoms with Gasteiger partial charge in [0.25, 0.3) is 0 Å². The first kappa shape index (κ1) is 5.59. The van der Waals surface area contributed by atoms with Gasteiger partial charge in [-0.3, -0.25) is 0 Å². The van der Waals surface area contributed by atoms with Crippen molar-refractivity contribution in [2.45, 2.75) is 0 Å². The normalized spacial score (nSPS) is 20.5. The molecule has 3 nitrogen and oxygen atoms in total. The smallest absolute Gasteiger partial charge is 0.114 e. The minimum atomic E-state index is 0.102. The van der Waals surface area contributed by atoms with Gasteiger partial charge in [-0.15, -0.1) is 5.06 Å². The maximum absolute atomic E-state index is 8.51. The molecule has 8 heavy (non-hydrogen) atoms. The van der Waals surface area contributed by atoms with Crippen LogP contribution in [0.5, 0.6) is 0 Å². The van der Waals surface area contributed by atoms with E-state index in [0.717, 1.165) is 12.1 Å². The summed E-state index contributed by atoms with van der Waals surface area (Å²) in [5.74, 6) is 0. The largest absolute Gasteiger partial charge is 0.414 e. The maximum Gasteiger partial charge on any atom is 0.114 e. The van der Waals surface area contributed by atoms with Crippen LogP contribution in [0.25, 0.3) is 0 Å². The van der Waals surface area contributed by atoms with E-state index in [9.17, 15) is 0 Å². The summed E-state index contributed by atoms with van der Waals surface area (Å²) in [7, 11) is 1.82.